The number of para-hydroxylation sites is 2. The van der Waals surface area contributed by atoms with E-state index in [9.17, 15) is 13.6 Å². The van der Waals surface area contributed by atoms with Gasteiger partial charge in [-0.1, -0.05) is 12.1 Å². The number of halogens is 2. The first kappa shape index (κ1) is 18.1. The van der Waals surface area contributed by atoms with Crippen molar-refractivity contribution in [3.05, 3.63) is 53.6 Å². The minimum atomic E-state index is -1.05. The lowest BCUT2D eigenvalue weighted by atomic mass is 10.1. The SMILES string of the molecule is COc1c(F)ccc(C(=O)Nc2ccccc2OCC2CCCO2)c1F. The number of nitrogens with one attached hydrogen (secondary N) is 1. The van der Waals surface area contributed by atoms with E-state index in [4.69, 9.17) is 9.47 Å². The van der Waals surface area contributed by atoms with E-state index in [0.29, 0.717) is 18.0 Å². The summed E-state index contributed by atoms with van der Waals surface area (Å²) in [5.41, 5.74) is 0.0652. The molecule has 1 heterocycles. The summed E-state index contributed by atoms with van der Waals surface area (Å²) >= 11 is 0. The van der Waals surface area contributed by atoms with Gasteiger partial charge in [0.25, 0.3) is 5.91 Å². The summed E-state index contributed by atoms with van der Waals surface area (Å²) in [6, 6.07) is 8.88. The minimum Gasteiger partial charge on any atom is -0.491 e. The Morgan fingerprint density at radius 3 is 2.81 bits per heavy atom. The van der Waals surface area contributed by atoms with Gasteiger partial charge in [0.1, 0.15) is 12.4 Å². The van der Waals surface area contributed by atoms with Crippen LogP contribution in [-0.2, 0) is 4.74 Å². The highest BCUT2D eigenvalue weighted by atomic mass is 19.1. The van der Waals surface area contributed by atoms with E-state index in [-0.39, 0.29) is 11.7 Å². The lowest BCUT2D eigenvalue weighted by Gasteiger charge is -2.15. The third-order valence-electron chi connectivity index (χ3n) is 4.08. The molecule has 3 rings (SSSR count). The van der Waals surface area contributed by atoms with Crippen molar-refractivity contribution >= 4 is 11.6 Å². The van der Waals surface area contributed by atoms with Crippen molar-refractivity contribution in [3.63, 3.8) is 0 Å². The molecule has 1 aliphatic heterocycles. The first-order valence-corrected chi connectivity index (χ1v) is 8.27. The van der Waals surface area contributed by atoms with Gasteiger partial charge in [-0.25, -0.2) is 8.78 Å². The Balaban J connectivity index is 1.75. The van der Waals surface area contributed by atoms with Gasteiger partial charge >= 0.3 is 0 Å². The highest BCUT2D eigenvalue weighted by Crippen LogP contribution is 2.28. The van der Waals surface area contributed by atoms with Crippen LogP contribution in [0.5, 0.6) is 11.5 Å². The molecule has 0 bridgehead atoms. The first-order chi connectivity index (χ1) is 12.6. The summed E-state index contributed by atoms with van der Waals surface area (Å²) in [5.74, 6) is -2.80. The zero-order chi connectivity index (χ0) is 18.5. The fraction of sp³-hybridized carbons (Fsp3) is 0.316. The summed E-state index contributed by atoms with van der Waals surface area (Å²) in [5, 5.41) is 2.59. The van der Waals surface area contributed by atoms with Gasteiger partial charge in [-0.2, -0.15) is 0 Å². The molecule has 1 unspecified atom stereocenters. The predicted molar refractivity (Wildman–Crippen MR) is 91.8 cm³/mol. The van der Waals surface area contributed by atoms with Crippen molar-refractivity contribution in [2.24, 2.45) is 0 Å². The largest absolute Gasteiger partial charge is 0.491 e. The Kier molecular flexibility index (Phi) is 5.68. The third-order valence-corrected chi connectivity index (χ3v) is 4.08. The van der Waals surface area contributed by atoms with Crippen LogP contribution < -0.4 is 14.8 Å². The van der Waals surface area contributed by atoms with E-state index in [1.54, 1.807) is 24.3 Å². The maximum atomic E-state index is 14.3. The summed E-state index contributed by atoms with van der Waals surface area (Å²) in [6.07, 6.45) is 1.95. The Morgan fingerprint density at radius 2 is 2.08 bits per heavy atom. The van der Waals surface area contributed by atoms with Crippen LogP contribution in [0.1, 0.15) is 23.2 Å². The van der Waals surface area contributed by atoms with Gasteiger partial charge in [0.2, 0.25) is 0 Å². The maximum Gasteiger partial charge on any atom is 0.258 e. The van der Waals surface area contributed by atoms with E-state index in [2.05, 4.69) is 10.1 Å². The predicted octanol–water partition coefficient (Wildman–Crippen LogP) is 3.78. The minimum absolute atomic E-state index is 0.0255. The molecule has 7 heteroatoms. The summed E-state index contributed by atoms with van der Waals surface area (Å²) in [7, 11) is 1.14. The molecule has 26 heavy (non-hydrogen) atoms. The van der Waals surface area contributed by atoms with E-state index >= 15 is 0 Å². The number of carbonyl (C=O) groups is 1. The van der Waals surface area contributed by atoms with Crippen LogP contribution in [0.4, 0.5) is 14.5 Å². The second-order valence-electron chi connectivity index (χ2n) is 5.84. The second kappa shape index (κ2) is 8.14. The van der Waals surface area contributed by atoms with Crippen LogP contribution in [0.15, 0.2) is 36.4 Å². The van der Waals surface area contributed by atoms with Gasteiger partial charge < -0.3 is 19.5 Å². The van der Waals surface area contributed by atoms with Gasteiger partial charge in [0, 0.05) is 6.61 Å². The molecule has 2 aromatic carbocycles. The van der Waals surface area contributed by atoms with Gasteiger partial charge in [0.15, 0.2) is 17.4 Å². The number of anilines is 1. The molecular weight excluding hydrogens is 344 g/mol. The van der Waals surface area contributed by atoms with Crippen molar-refractivity contribution in [3.8, 4) is 11.5 Å². The molecule has 5 nitrogen and oxygen atoms in total. The normalized spacial score (nSPS) is 16.3. The van der Waals surface area contributed by atoms with Gasteiger partial charge in [-0.05, 0) is 37.1 Å². The summed E-state index contributed by atoms with van der Waals surface area (Å²) in [6.45, 7) is 1.09. The Hall–Kier alpha value is -2.67. The van der Waals surface area contributed by atoms with Crippen LogP contribution in [-0.4, -0.2) is 32.3 Å². The van der Waals surface area contributed by atoms with Gasteiger partial charge in [0.05, 0.1) is 24.5 Å². The fourth-order valence-corrected chi connectivity index (χ4v) is 2.74. The number of methoxy groups -OCH3 is 1. The first-order valence-electron chi connectivity index (χ1n) is 8.27. The fourth-order valence-electron chi connectivity index (χ4n) is 2.74. The molecule has 1 saturated heterocycles. The van der Waals surface area contributed by atoms with Crippen molar-refractivity contribution < 1.29 is 27.8 Å². The lowest BCUT2D eigenvalue weighted by Crippen LogP contribution is -2.18. The monoisotopic (exact) mass is 363 g/mol. The van der Waals surface area contributed by atoms with Crippen molar-refractivity contribution in [2.75, 3.05) is 25.6 Å². The molecule has 0 saturated carbocycles. The molecule has 2 aromatic rings. The zero-order valence-corrected chi connectivity index (χ0v) is 14.3. The molecule has 0 spiro atoms. The van der Waals surface area contributed by atoms with Crippen LogP contribution in [0.25, 0.3) is 0 Å². The third kappa shape index (κ3) is 3.94. The molecule has 0 radical (unpaired) electrons. The van der Waals surface area contributed by atoms with E-state index in [1.807, 2.05) is 0 Å². The average Bonchev–Trinajstić information content (AvgIpc) is 3.15. The van der Waals surface area contributed by atoms with E-state index in [1.165, 1.54) is 0 Å². The quantitative estimate of drug-likeness (QED) is 0.849. The molecular formula is C19H19F2NO4. The molecule has 1 N–H and O–H groups in total. The Labute approximate surface area is 149 Å². The maximum absolute atomic E-state index is 14.3. The van der Waals surface area contributed by atoms with Crippen LogP contribution >= 0.6 is 0 Å². The smallest absolute Gasteiger partial charge is 0.258 e. The van der Waals surface area contributed by atoms with E-state index < -0.39 is 23.3 Å². The number of ether oxygens (including phenoxy) is 3. The van der Waals surface area contributed by atoms with E-state index in [0.717, 1.165) is 38.7 Å². The molecule has 138 valence electrons. The molecule has 0 aromatic heterocycles. The average molecular weight is 363 g/mol. The number of benzene rings is 2. The number of amides is 1. The number of hydrogen-bond acceptors (Lipinski definition) is 4. The lowest BCUT2D eigenvalue weighted by molar-refractivity contribution is 0.0682. The second-order valence-corrected chi connectivity index (χ2v) is 5.84. The topological polar surface area (TPSA) is 56.8 Å². The van der Waals surface area contributed by atoms with Gasteiger partial charge in [-0.15, -0.1) is 0 Å². The number of hydrogen-bond donors (Lipinski definition) is 1. The standard InChI is InChI=1S/C19H19F2NO4/c1-24-18-14(20)9-8-13(17(18)21)19(23)22-15-6-2-3-7-16(15)26-11-12-5-4-10-25-12/h2-3,6-9,12H,4-5,10-11H2,1H3,(H,22,23). The molecule has 0 aliphatic carbocycles. The molecule has 1 amide bonds. The van der Waals surface area contributed by atoms with Gasteiger partial charge in [-0.3, -0.25) is 4.79 Å². The summed E-state index contributed by atoms with van der Waals surface area (Å²) < 4.78 is 43.7. The molecule has 1 fully saturated rings. The molecule has 1 atom stereocenters. The van der Waals surface area contributed by atoms with Crippen molar-refractivity contribution in [1.29, 1.82) is 0 Å². The van der Waals surface area contributed by atoms with Crippen LogP contribution in [0, 0.1) is 11.6 Å². The van der Waals surface area contributed by atoms with Crippen LogP contribution in [0.3, 0.4) is 0 Å². The molecule has 1 aliphatic rings. The van der Waals surface area contributed by atoms with Crippen molar-refractivity contribution in [1.82, 2.24) is 0 Å². The highest BCUT2D eigenvalue weighted by Gasteiger charge is 2.21. The zero-order valence-electron chi connectivity index (χ0n) is 14.3. The van der Waals surface area contributed by atoms with Crippen molar-refractivity contribution in [2.45, 2.75) is 18.9 Å². The Bertz CT molecular complexity index is 791. The van der Waals surface area contributed by atoms with Crippen LogP contribution in [0.2, 0.25) is 0 Å². The Morgan fingerprint density at radius 1 is 1.27 bits per heavy atom. The number of carbonyl (C=O) groups excluding carboxylic acids is 1. The number of rotatable bonds is 6. The summed E-state index contributed by atoms with van der Waals surface area (Å²) in [4.78, 5) is 12.4. The highest BCUT2D eigenvalue weighted by molar-refractivity contribution is 6.05.